The van der Waals surface area contributed by atoms with Gasteiger partial charge in [-0.1, -0.05) is 13.8 Å². The number of unbranched alkanes of at least 4 members (excludes halogenated alkanes) is 1. The zero-order valence-corrected chi connectivity index (χ0v) is 9.51. The van der Waals surface area contributed by atoms with Crippen LogP contribution in [-0.4, -0.2) is 25.8 Å². The second-order valence-electron chi connectivity index (χ2n) is 3.43. The maximum atomic E-state index is 5.51. The standard InChI is InChI=1S/C12H23NO/c1-4-7-8-9-12(13-6-3)11-14-10-5-2/h1,12-13H,5-11H2,2-3H3. The van der Waals surface area contributed by atoms with Gasteiger partial charge in [-0.2, -0.15) is 0 Å². The molecule has 0 aliphatic heterocycles. The Bertz CT molecular complexity index is 151. The summed E-state index contributed by atoms with van der Waals surface area (Å²) in [4.78, 5) is 0. The third-order valence-electron chi connectivity index (χ3n) is 2.03. The smallest absolute Gasteiger partial charge is 0.0619 e. The molecule has 2 heteroatoms. The molecule has 0 radical (unpaired) electrons. The molecule has 1 N–H and O–H groups in total. The van der Waals surface area contributed by atoms with Crippen LogP contribution in [0.25, 0.3) is 0 Å². The van der Waals surface area contributed by atoms with Crippen molar-refractivity contribution in [3.8, 4) is 12.3 Å². The first-order valence-corrected chi connectivity index (χ1v) is 5.59. The van der Waals surface area contributed by atoms with E-state index in [9.17, 15) is 0 Å². The van der Waals surface area contributed by atoms with E-state index in [1.54, 1.807) is 0 Å². The van der Waals surface area contributed by atoms with Gasteiger partial charge in [0.15, 0.2) is 0 Å². The fraction of sp³-hybridized carbons (Fsp3) is 0.833. The van der Waals surface area contributed by atoms with Crippen LogP contribution in [0.3, 0.4) is 0 Å². The van der Waals surface area contributed by atoms with Gasteiger partial charge in [0.1, 0.15) is 0 Å². The Kier molecular flexibility index (Phi) is 10.2. The van der Waals surface area contributed by atoms with E-state index in [-0.39, 0.29) is 0 Å². The van der Waals surface area contributed by atoms with Crippen molar-refractivity contribution < 1.29 is 4.74 Å². The van der Waals surface area contributed by atoms with Crippen LogP contribution in [-0.2, 0) is 4.74 Å². The van der Waals surface area contributed by atoms with Gasteiger partial charge in [-0.25, -0.2) is 0 Å². The van der Waals surface area contributed by atoms with Crippen molar-refractivity contribution in [2.24, 2.45) is 0 Å². The van der Waals surface area contributed by atoms with Gasteiger partial charge in [0.25, 0.3) is 0 Å². The molecule has 0 heterocycles. The number of nitrogens with one attached hydrogen (secondary N) is 1. The minimum Gasteiger partial charge on any atom is -0.380 e. The van der Waals surface area contributed by atoms with Gasteiger partial charge >= 0.3 is 0 Å². The molecule has 0 aromatic rings. The first-order chi connectivity index (χ1) is 6.85. The minimum atomic E-state index is 0.472. The van der Waals surface area contributed by atoms with E-state index in [0.29, 0.717) is 6.04 Å². The van der Waals surface area contributed by atoms with E-state index in [1.807, 2.05) is 0 Å². The van der Waals surface area contributed by atoms with Crippen LogP contribution in [0.15, 0.2) is 0 Å². The summed E-state index contributed by atoms with van der Waals surface area (Å²) in [6, 6.07) is 0.472. The third-order valence-corrected chi connectivity index (χ3v) is 2.03. The molecular weight excluding hydrogens is 174 g/mol. The van der Waals surface area contributed by atoms with Crippen molar-refractivity contribution in [3.63, 3.8) is 0 Å². The first kappa shape index (κ1) is 13.5. The molecule has 0 fully saturated rings. The second-order valence-corrected chi connectivity index (χ2v) is 3.43. The van der Waals surface area contributed by atoms with Gasteiger partial charge in [0, 0.05) is 19.1 Å². The Morgan fingerprint density at radius 2 is 2.21 bits per heavy atom. The number of likely N-dealkylation sites (N-methyl/N-ethyl adjacent to an activating group) is 1. The maximum absolute atomic E-state index is 5.51. The number of hydrogen-bond donors (Lipinski definition) is 1. The Labute approximate surface area is 88.4 Å². The van der Waals surface area contributed by atoms with E-state index in [4.69, 9.17) is 11.2 Å². The highest BCUT2D eigenvalue weighted by Gasteiger charge is 2.05. The van der Waals surface area contributed by atoms with E-state index < -0.39 is 0 Å². The SMILES string of the molecule is C#CCCCC(COCCC)NCC. The molecule has 0 saturated carbocycles. The van der Waals surface area contributed by atoms with Crippen LogP contribution in [0.5, 0.6) is 0 Å². The number of ether oxygens (including phenoxy) is 1. The lowest BCUT2D eigenvalue weighted by Crippen LogP contribution is -2.33. The van der Waals surface area contributed by atoms with Crippen LogP contribution in [0.1, 0.15) is 39.5 Å². The third kappa shape index (κ3) is 8.10. The van der Waals surface area contributed by atoms with Crippen molar-refractivity contribution >= 4 is 0 Å². The first-order valence-electron chi connectivity index (χ1n) is 5.59. The summed E-state index contributed by atoms with van der Waals surface area (Å²) in [5.41, 5.74) is 0. The maximum Gasteiger partial charge on any atom is 0.0619 e. The molecule has 0 amide bonds. The average molecular weight is 197 g/mol. The molecule has 1 unspecified atom stereocenters. The van der Waals surface area contributed by atoms with E-state index in [0.717, 1.165) is 45.4 Å². The Morgan fingerprint density at radius 3 is 2.79 bits per heavy atom. The molecule has 0 aromatic heterocycles. The molecule has 0 saturated heterocycles. The molecule has 1 atom stereocenters. The summed E-state index contributed by atoms with van der Waals surface area (Å²) in [5, 5.41) is 3.41. The minimum absolute atomic E-state index is 0.472. The van der Waals surface area contributed by atoms with Gasteiger partial charge in [-0.05, 0) is 25.8 Å². The van der Waals surface area contributed by atoms with E-state index >= 15 is 0 Å². The van der Waals surface area contributed by atoms with Crippen LogP contribution in [0.2, 0.25) is 0 Å². The van der Waals surface area contributed by atoms with Crippen molar-refractivity contribution in [3.05, 3.63) is 0 Å². The van der Waals surface area contributed by atoms with Crippen molar-refractivity contribution in [1.82, 2.24) is 5.32 Å². The summed E-state index contributed by atoms with van der Waals surface area (Å²) in [7, 11) is 0. The van der Waals surface area contributed by atoms with Gasteiger partial charge in [-0.3, -0.25) is 0 Å². The molecule has 0 aliphatic carbocycles. The molecular formula is C12H23NO. The van der Waals surface area contributed by atoms with Crippen LogP contribution in [0, 0.1) is 12.3 Å². The Balaban J connectivity index is 3.50. The normalized spacial score (nSPS) is 12.4. The highest BCUT2D eigenvalue weighted by molar-refractivity contribution is 4.83. The highest BCUT2D eigenvalue weighted by atomic mass is 16.5. The lowest BCUT2D eigenvalue weighted by Gasteiger charge is -2.17. The zero-order chi connectivity index (χ0) is 10.6. The largest absolute Gasteiger partial charge is 0.380 e. The van der Waals surface area contributed by atoms with Crippen molar-refractivity contribution in [1.29, 1.82) is 0 Å². The average Bonchev–Trinajstić information content (AvgIpc) is 2.18. The lowest BCUT2D eigenvalue weighted by atomic mass is 10.1. The summed E-state index contributed by atoms with van der Waals surface area (Å²) in [6.07, 6.45) is 9.37. The summed E-state index contributed by atoms with van der Waals surface area (Å²) < 4.78 is 5.51. The molecule has 0 spiro atoms. The van der Waals surface area contributed by atoms with Gasteiger partial charge in [0.2, 0.25) is 0 Å². The summed E-state index contributed by atoms with van der Waals surface area (Å²) in [5.74, 6) is 2.66. The predicted molar refractivity (Wildman–Crippen MR) is 61.3 cm³/mol. The summed E-state index contributed by atoms with van der Waals surface area (Å²) >= 11 is 0. The molecule has 2 nitrogen and oxygen atoms in total. The molecule has 82 valence electrons. The Morgan fingerprint density at radius 1 is 1.43 bits per heavy atom. The fourth-order valence-corrected chi connectivity index (χ4v) is 1.35. The zero-order valence-electron chi connectivity index (χ0n) is 9.51. The van der Waals surface area contributed by atoms with E-state index in [1.165, 1.54) is 0 Å². The van der Waals surface area contributed by atoms with Crippen LogP contribution < -0.4 is 5.32 Å². The number of hydrogen-bond acceptors (Lipinski definition) is 2. The quantitative estimate of drug-likeness (QED) is 0.452. The molecule has 0 bridgehead atoms. The predicted octanol–water partition coefficient (Wildman–Crippen LogP) is 2.19. The number of rotatable bonds is 9. The van der Waals surface area contributed by atoms with E-state index in [2.05, 4.69) is 25.1 Å². The molecule has 14 heavy (non-hydrogen) atoms. The van der Waals surface area contributed by atoms with Crippen molar-refractivity contribution in [2.45, 2.75) is 45.6 Å². The second kappa shape index (κ2) is 10.6. The number of terminal acetylenes is 1. The van der Waals surface area contributed by atoms with Gasteiger partial charge < -0.3 is 10.1 Å². The molecule has 0 aliphatic rings. The fourth-order valence-electron chi connectivity index (χ4n) is 1.35. The lowest BCUT2D eigenvalue weighted by molar-refractivity contribution is 0.109. The van der Waals surface area contributed by atoms with Gasteiger partial charge in [0.05, 0.1) is 6.61 Å². The monoisotopic (exact) mass is 197 g/mol. The summed E-state index contributed by atoms with van der Waals surface area (Å²) in [6.45, 7) is 6.91. The molecule has 0 rings (SSSR count). The topological polar surface area (TPSA) is 21.3 Å². The Hall–Kier alpha value is -0.520. The highest BCUT2D eigenvalue weighted by Crippen LogP contribution is 2.01. The van der Waals surface area contributed by atoms with Crippen LogP contribution in [0.4, 0.5) is 0 Å². The van der Waals surface area contributed by atoms with Crippen molar-refractivity contribution in [2.75, 3.05) is 19.8 Å². The molecule has 0 aromatic carbocycles. The van der Waals surface area contributed by atoms with Crippen LogP contribution >= 0.6 is 0 Å². The van der Waals surface area contributed by atoms with Gasteiger partial charge in [-0.15, -0.1) is 12.3 Å².